The van der Waals surface area contributed by atoms with Gasteiger partial charge in [-0.25, -0.2) is 0 Å². The Morgan fingerprint density at radius 2 is 0.899 bits per heavy atom. The summed E-state index contributed by atoms with van der Waals surface area (Å²) >= 11 is 0. The molecule has 27 nitrogen and oxygen atoms in total. The Morgan fingerprint density at radius 3 is 1.38 bits per heavy atom. The predicted octanol–water partition coefficient (Wildman–Crippen LogP) is -1.18. The zero-order chi connectivity index (χ0) is 65.3. The Bertz CT molecular complexity index is 3200. The number of carbonyl (C=O) groups excluding carboxylic acids is 9. The summed E-state index contributed by atoms with van der Waals surface area (Å²) in [6.45, 7) is 4.93. The molecule has 0 unspecified atom stereocenters. The van der Waals surface area contributed by atoms with Crippen LogP contribution in [0.5, 0.6) is 11.5 Å². The van der Waals surface area contributed by atoms with Gasteiger partial charge in [0.05, 0.1) is 18.8 Å². The van der Waals surface area contributed by atoms with E-state index >= 15 is 0 Å². The highest BCUT2D eigenvalue weighted by molar-refractivity contribution is 5.99. The average molecular weight is 1240 g/mol. The molecule has 5 aromatic rings. The number of nitrogens with one attached hydrogen (secondary N) is 10. The number of phenolic OH excluding ortho intramolecular Hbond substituents is 2. The van der Waals surface area contributed by atoms with Crippen molar-refractivity contribution < 1.29 is 73.5 Å². The lowest BCUT2D eigenvalue weighted by Gasteiger charge is -2.29. The molecular weight excluding hydrogens is 1150 g/mol. The Morgan fingerprint density at radius 1 is 0.472 bits per heavy atom. The summed E-state index contributed by atoms with van der Waals surface area (Å²) in [6.07, 6.45) is -1.79. The topological polar surface area (TPSA) is 448 Å². The van der Waals surface area contributed by atoms with Gasteiger partial charge in [-0.05, 0) is 105 Å². The van der Waals surface area contributed by atoms with Crippen LogP contribution in [0.1, 0.15) is 75.6 Å². The third kappa shape index (κ3) is 22.7. The van der Waals surface area contributed by atoms with Crippen LogP contribution in [-0.2, 0) is 73.6 Å². The number of unbranched alkanes of at least 4 members (excludes halogenated alkanes) is 1. The fourth-order valence-electron chi connectivity index (χ4n) is 9.60. The molecule has 0 saturated heterocycles. The van der Waals surface area contributed by atoms with E-state index in [9.17, 15) is 73.5 Å². The largest absolute Gasteiger partial charge is 0.508 e. The van der Waals surface area contributed by atoms with E-state index in [0.717, 1.165) is 0 Å². The number of carboxylic acids is 1. The van der Waals surface area contributed by atoms with Gasteiger partial charge in [-0.2, -0.15) is 0 Å². The first-order valence-electron chi connectivity index (χ1n) is 29.2. The van der Waals surface area contributed by atoms with Crippen molar-refractivity contribution in [3.63, 3.8) is 0 Å². The number of aromatic hydroxyl groups is 2. The molecule has 4 aromatic carbocycles. The Balaban J connectivity index is 1.42. The number of carbonyl (C=O) groups is 10. The van der Waals surface area contributed by atoms with Crippen LogP contribution in [0.3, 0.4) is 0 Å². The molecular formula is C62H82N12O15. The first-order chi connectivity index (χ1) is 42.3. The molecule has 10 atom stereocenters. The number of benzene rings is 4. The zero-order valence-electron chi connectivity index (χ0n) is 50.0. The summed E-state index contributed by atoms with van der Waals surface area (Å²) in [5.74, 6) is -9.91. The lowest BCUT2D eigenvalue weighted by molar-refractivity contribution is -0.138. The molecule has 0 saturated carbocycles. The first kappa shape index (κ1) is 70.3. The minimum atomic E-state index is -1.83. The van der Waals surface area contributed by atoms with Gasteiger partial charge in [0.2, 0.25) is 53.2 Å². The highest BCUT2D eigenvalue weighted by Gasteiger charge is 2.37. The SMILES string of the molecule is CC(C)C[C@H](NC(=O)[C@H](Cc1c[nH]c2ccccc12)NC(=O)[C@H](Cc1ccc(O)cc1)NC(=O)[C@H](CCCCN)NC(=O)[C@@H](NC(=O)[C@H](Cc1ccccc1)NC(=O)[C@@H](NC(=O)[C@H](Cc1ccc(O)cc1)NC(=O)CN)[C@@H](C)O)[C@@H](C)O)C(=O)NCC(=O)O. The second kappa shape index (κ2) is 34.8. The van der Waals surface area contributed by atoms with E-state index in [1.54, 1.807) is 74.6 Å². The minimum Gasteiger partial charge on any atom is -0.508 e. The highest BCUT2D eigenvalue weighted by Crippen LogP contribution is 2.21. The molecule has 0 bridgehead atoms. The second-order valence-electron chi connectivity index (χ2n) is 22.1. The van der Waals surface area contributed by atoms with E-state index in [-0.39, 0.29) is 68.9 Å². The summed E-state index contributed by atoms with van der Waals surface area (Å²) in [5.41, 5.74) is 14.1. The normalized spacial score (nSPS) is 14.6. The fraction of sp³-hybridized carbons (Fsp3) is 0.419. The Hall–Kier alpha value is -9.44. The van der Waals surface area contributed by atoms with Crippen molar-refractivity contribution >= 4 is 70.0 Å². The maximum atomic E-state index is 14.8. The molecule has 89 heavy (non-hydrogen) atoms. The zero-order valence-corrected chi connectivity index (χ0v) is 50.0. The highest BCUT2D eigenvalue weighted by atomic mass is 16.4. The third-order valence-electron chi connectivity index (χ3n) is 14.3. The van der Waals surface area contributed by atoms with Crippen LogP contribution in [0.4, 0.5) is 0 Å². The number of amides is 9. The second-order valence-corrected chi connectivity index (χ2v) is 22.1. The summed E-state index contributed by atoms with van der Waals surface area (Å²) in [4.78, 5) is 141. The van der Waals surface area contributed by atoms with Gasteiger partial charge in [-0.15, -0.1) is 0 Å². The van der Waals surface area contributed by atoms with Gasteiger partial charge >= 0.3 is 5.97 Å². The molecule has 19 N–H and O–H groups in total. The number of phenols is 2. The predicted molar refractivity (Wildman–Crippen MR) is 327 cm³/mol. The number of rotatable bonds is 35. The summed E-state index contributed by atoms with van der Waals surface area (Å²) < 4.78 is 0. The number of carboxylic acid groups (broad SMARTS) is 1. The number of hydrogen-bond acceptors (Lipinski definition) is 16. The van der Waals surface area contributed by atoms with Crippen LogP contribution < -0.4 is 59.3 Å². The number of aromatic amines is 1. The van der Waals surface area contributed by atoms with E-state index in [2.05, 4.69) is 52.8 Å². The molecule has 9 amide bonds. The van der Waals surface area contributed by atoms with E-state index in [1.807, 2.05) is 0 Å². The smallest absolute Gasteiger partial charge is 0.322 e. The van der Waals surface area contributed by atoms with Crippen LogP contribution in [0, 0.1) is 5.92 Å². The lowest BCUT2D eigenvalue weighted by Crippen LogP contribution is -2.63. The van der Waals surface area contributed by atoms with Crippen LogP contribution in [0.2, 0.25) is 0 Å². The van der Waals surface area contributed by atoms with Gasteiger partial charge in [0.1, 0.15) is 66.4 Å². The van der Waals surface area contributed by atoms with Crippen molar-refractivity contribution in [1.29, 1.82) is 0 Å². The molecule has 0 aliphatic heterocycles. The van der Waals surface area contributed by atoms with E-state index in [1.165, 1.54) is 62.4 Å². The number of hydrogen-bond donors (Lipinski definition) is 17. The van der Waals surface area contributed by atoms with Gasteiger partial charge in [0.25, 0.3) is 0 Å². The monoisotopic (exact) mass is 1230 g/mol. The number of aliphatic hydroxyl groups is 2. The van der Waals surface area contributed by atoms with Crippen LogP contribution in [-0.4, -0.2) is 170 Å². The first-order valence-corrected chi connectivity index (χ1v) is 29.2. The Kier molecular flexibility index (Phi) is 27.5. The summed E-state index contributed by atoms with van der Waals surface area (Å²) in [6, 6.07) is 14.8. The number of para-hydroxylation sites is 1. The number of aromatic nitrogens is 1. The van der Waals surface area contributed by atoms with E-state index in [0.29, 0.717) is 39.6 Å². The molecule has 5 rings (SSSR count). The van der Waals surface area contributed by atoms with Crippen molar-refractivity contribution in [2.75, 3.05) is 19.6 Å². The summed E-state index contributed by atoms with van der Waals surface area (Å²) in [5, 5.41) is 74.9. The van der Waals surface area contributed by atoms with Gasteiger partial charge < -0.3 is 89.8 Å². The molecule has 0 radical (unpaired) electrons. The number of aliphatic hydroxyl groups excluding tert-OH is 2. The molecule has 27 heteroatoms. The van der Waals surface area contributed by atoms with Crippen molar-refractivity contribution in [2.24, 2.45) is 17.4 Å². The summed E-state index contributed by atoms with van der Waals surface area (Å²) in [7, 11) is 0. The maximum Gasteiger partial charge on any atom is 0.322 e. The molecule has 1 heterocycles. The van der Waals surface area contributed by atoms with Gasteiger partial charge in [-0.1, -0.05) is 86.6 Å². The molecule has 1 aromatic heterocycles. The standard InChI is InChI=1S/C62H82N12O15/c1-34(2)26-46(55(82)66-33-52(80)81)69-58(85)50(30-40-32-65-44-15-9-8-14-43(40)44)71-57(84)48(29-39-19-23-42(78)24-20-39)70-56(83)45(16-10-11-25-63)68-61(88)53(35(3)75)74-60(87)49(27-37-12-6-5-7-13-37)72-62(89)54(36(4)76)73-59(86)47(67-51(79)31-64)28-38-17-21-41(77)22-18-38/h5-9,12-15,17-24,32,34-36,45-50,53-54,65,75-78H,10-11,16,25-31,33,63-64H2,1-4H3,(H,66,82)(H,67,79)(H,68,88)(H,69,85)(H,70,83)(H,71,84)(H,72,89)(H,73,86)(H,74,87)(H,80,81)/t35-,36-,45+,46+,47+,48+,49+,50+,53+,54+/m1/s1. The molecule has 480 valence electrons. The number of H-pyrrole nitrogens is 1. The maximum absolute atomic E-state index is 14.8. The molecule has 0 spiro atoms. The van der Waals surface area contributed by atoms with E-state index in [4.69, 9.17) is 11.5 Å². The number of fused-ring (bicyclic) bond motifs is 1. The molecule has 0 aliphatic rings. The quantitative estimate of drug-likeness (QED) is 0.0212. The van der Waals surface area contributed by atoms with Crippen molar-refractivity contribution in [1.82, 2.24) is 52.8 Å². The third-order valence-corrected chi connectivity index (χ3v) is 14.3. The van der Waals surface area contributed by atoms with Crippen molar-refractivity contribution in [3.05, 3.63) is 132 Å². The molecule has 0 fully saturated rings. The number of aliphatic carboxylic acids is 1. The minimum absolute atomic E-state index is 0.0572. The number of nitrogens with two attached hydrogens (primary N) is 2. The van der Waals surface area contributed by atoms with Crippen LogP contribution in [0.25, 0.3) is 10.9 Å². The molecule has 0 aliphatic carbocycles. The fourth-order valence-corrected chi connectivity index (χ4v) is 9.60. The van der Waals surface area contributed by atoms with Crippen LogP contribution >= 0.6 is 0 Å². The Labute approximate surface area is 514 Å². The van der Waals surface area contributed by atoms with Crippen LogP contribution in [0.15, 0.2) is 109 Å². The lowest BCUT2D eigenvalue weighted by atomic mass is 9.99. The van der Waals surface area contributed by atoms with Gasteiger partial charge in [0, 0.05) is 42.8 Å². The van der Waals surface area contributed by atoms with Crippen molar-refractivity contribution in [2.45, 2.75) is 140 Å². The van der Waals surface area contributed by atoms with Crippen molar-refractivity contribution in [3.8, 4) is 11.5 Å². The average Bonchev–Trinajstić information content (AvgIpc) is 3.85. The van der Waals surface area contributed by atoms with Gasteiger partial charge in [0.15, 0.2) is 0 Å². The van der Waals surface area contributed by atoms with Gasteiger partial charge in [-0.3, -0.25) is 47.9 Å². The van der Waals surface area contributed by atoms with E-state index < -0.39 is 133 Å².